The van der Waals surface area contributed by atoms with Crippen LogP contribution in [0.15, 0.2) is 48.5 Å². The van der Waals surface area contributed by atoms with Crippen LogP contribution in [0.1, 0.15) is 16.7 Å². The van der Waals surface area contributed by atoms with Crippen molar-refractivity contribution < 1.29 is 4.74 Å². The average molecular weight is 266 g/mol. The minimum atomic E-state index is 0.701. The van der Waals surface area contributed by atoms with E-state index in [-0.39, 0.29) is 0 Å². The molecule has 0 spiro atoms. The van der Waals surface area contributed by atoms with Gasteiger partial charge in [-0.1, -0.05) is 24.3 Å². The van der Waals surface area contributed by atoms with Crippen LogP contribution in [0.5, 0.6) is 5.75 Å². The standard InChI is InChI=1S/C17H18N2O/c1-19(12-15-5-3-14(11-18)4-6-15)13-16-7-9-17(20-2)10-8-16/h3-10H,12-13H2,1-2H3. The molecule has 0 amide bonds. The lowest BCUT2D eigenvalue weighted by atomic mass is 10.1. The largest absolute Gasteiger partial charge is 0.497 e. The lowest BCUT2D eigenvalue weighted by Crippen LogP contribution is -2.17. The van der Waals surface area contributed by atoms with Crippen LogP contribution in [-0.4, -0.2) is 19.1 Å². The van der Waals surface area contributed by atoms with Crippen LogP contribution in [-0.2, 0) is 13.1 Å². The molecule has 2 rings (SSSR count). The summed E-state index contributed by atoms with van der Waals surface area (Å²) in [4.78, 5) is 2.24. The first-order valence-corrected chi connectivity index (χ1v) is 6.52. The molecule has 0 aliphatic heterocycles. The molecule has 0 fully saturated rings. The van der Waals surface area contributed by atoms with E-state index in [0.717, 1.165) is 18.8 Å². The number of nitrogens with zero attached hydrogens (tertiary/aromatic N) is 2. The van der Waals surface area contributed by atoms with Crippen molar-refractivity contribution in [3.05, 3.63) is 65.2 Å². The average Bonchev–Trinajstić information content (AvgIpc) is 2.49. The molecule has 3 heteroatoms. The highest BCUT2D eigenvalue weighted by atomic mass is 16.5. The van der Waals surface area contributed by atoms with Gasteiger partial charge in [0.2, 0.25) is 0 Å². The van der Waals surface area contributed by atoms with E-state index in [2.05, 4.69) is 30.1 Å². The highest BCUT2D eigenvalue weighted by Gasteiger charge is 2.02. The van der Waals surface area contributed by atoms with E-state index in [4.69, 9.17) is 10.00 Å². The van der Waals surface area contributed by atoms with E-state index >= 15 is 0 Å². The summed E-state index contributed by atoms with van der Waals surface area (Å²) >= 11 is 0. The van der Waals surface area contributed by atoms with Crippen molar-refractivity contribution in [2.75, 3.05) is 14.2 Å². The van der Waals surface area contributed by atoms with Gasteiger partial charge in [-0.15, -0.1) is 0 Å². The van der Waals surface area contributed by atoms with Gasteiger partial charge in [-0.2, -0.15) is 5.26 Å². The van der Waals surface area contributed by atoms with Gasteiger partial charge in [-0.05, 0) is 42.4 Å². The van der Waals surface area contributed by atoms with E-state index in [0.29, 0.717) is 5.56 Å². The van der Waals surface area contributed by atoms with Gasteiger partial charge in [-0.3, -0.25) is 4.90 Å². The maximum Gasteiger partial charge on any atom is 0.118 e. The summed E-state index contributed by atoms with van der Waals surface area (Å²) in [5.41, 5.74) is 3.16. The van der Waals surface area contributed by atoms with Gasteiger partial charge in [-0.25, -0.2) is 0 Å². The number of benzene rings is 2. The fourth-order valence-corrected chi connectivity index (χ4v) is 2.09. The number of rotatable bonds is 5. The third-order valence-corrected chi connectivity index (χ3v) is 3.15. The Hall–Kier alpha value is -2.31. The van der Waals surface area contributed by atoms with E-state index in [1.54, 1.807) is 7.11 Å². The van der Waals surface area contributed by atoms with Crippen LogP contribution in [0.3, 0.4) is 0 Å². The van der Waals surface area contributed by atoms with Crippen molar-refractivity contribution in [2.24, 2.45) is 0 Å². The number of nitriles is 1. The molecule has 0 radical (unpaired) electrons. The topological polar surface area (TPSA) is 36.3 Å². The molecule has 0 atom stereocenters. The summed E-state index contributed by atoms with van der Waals surface area (Å²) in [5.74, 6) is 0.878. The molecule has 0 aromatic heterocycles. The maximum absolute atomic E-state index is 8.78. The first-order valence-electron chi connectivity index (χ1n) is 6.52. The summed E-state index contributed by atoms with van der Waals surface area (Å²) in [6, 6.07) is 18.0. The van der Waals surface area contributed by atoms with Crippen molar-refractivity contribution >= 4 is 0 Å². The minimum Gasteiger partial charge on any atom is -0.497 e. The molecule has 0 saturated heterocycles. The van der Waals surface area contributed by atoms with Crippen LogP contribution in [0.4, 0.5) is 0 Å². The number of hydrogen-bond donors (Lipinski definition) is 0. The first-order chi connectivity index (χ1) is 9.71. The zero-order valence-electron chi connectivity index (χ0n) is 11.8. The number of hydrogen-bond acceptors (Lipinski definition) is 3. The molecule has 0 aliphatic carbocycles. The number of methoxy groups -OCH3 is 1. The zero-order chi connectivity index (χ0) is 14.4. The van der Waals surface area contributed by atoms with Gasteiger partial charge < -0.3 is 4.74 Å². The van der Waals surface area contributed by atoms with Crippen LogP contribution in [0, 0.1) is 11.3 Å². The highest BCUT2D eigenvalue weighted by Crippen LogP contribution is 2.14. The van der Waals surface area contributed by atoms with Crippen molar-refractivity contribution in [3.63, 3.8) is 0 Å². The first kappa shape index (κ1) is 14.1. The molecule has 0 unspecified atom stereocenters. The predicted molar refractivity (Wildman–Crippen MR) is 79.3 cm³/mol. The molecule has 3 nitrogen and oxygen atoms in total. The Kier molecular flexibility index (Phi) is 4.75. The third-order valence-electron chi connectivity index (χ3n) is 3.15. The molecule has 0 bridgehead atoms. The van der Waals surface area contributed by atoms with Gasteiger partial charge in [0.1, 0.15) is 5.75 Å². The Bertz CT molecular complexity index is 582. The van der Waals surface area contributed by atoms with Gasteiger partial charge in [0.15, 0.2) is 0 Å². The van der Waals surface area contributed by atoms with Gasteiger partial charge >= 0.3 is 0 Å². The van der Waals surface area contributed by atoms with Crippen molar-refractivity contribution in [3.8, 4) is 11.8 Å². The molecular weight excluding hydrogens is 248 g/mol. The second-order valence-corrected chi connectivity index (χ2v) is 4.83. The highest BCUT2D eigenvalue weighted by molar-refractivity contribution is 5.31. The van der Waals surface area contributed by atoms with Crippen molar-refractivity contribution in [1.82, 2.24) is 4.90 Å². The fourth-order valence-electron chi connectivity index (χ4n) is 2.09. The van der Waals surface area contributed by atoms with Crippen molar-refractivity contribution in [2.45, 2.75) is 13.1 Å². The predicted octanol–water partition coefficient (Wildman–Crippen LogP) is 3.20. The molecule has 102 valence electrons. The summed E-state index contributed by atoms with van der Waals surface area (Å²) < 4.78 is 5.15. The quantitative estimate of drug-likeness (QED) is 0.833. The summed E-state index contributed by atoms with van der Waals surface area (Å²) in [7, 11) is 3.76. The monoisotopic (exact) mass is 266 g/mol. The van der Waals surface area contributed by atoms with Gasteiger partial charge in [0.25, 0.3) is 0 Å². The summed E-state index contributed by atoms with van der Waals surface area (Å²) in [6.07, 6.45) is 0. The smallest absolute Gasteiger partial charge is 0.118 e. The Morgan fingerprint density at radius 1 is 0.950 bits per heavy atom. The fraction of sp³-hybridized carbons (Fsp3) is 0.235. The van der Waals surface area contributed by atoms with E-state index < -0.39 is 0 Å². The lowest BCUT2D eigenvalue weighted by molar-refractivity contribution is 0.319. The Labute approximate surface area is 120 Å². The summed E-state index contributed by atoms with van der Waals surface area (Å²) in [6.45, 7) is 1.74. The normalized spacial score (nSPS) is 10.3. The summed E-state index contributed by atoms with van der Waals surface area (Å²) in [5, 5.41) is 8.78. The molecule has 0 N–H and O–H groups in total. The third kappa shape index (κ3) is 3.84. The second kappa shape index (κ2) is 6.74. The molecule has 2 aromatic carbocycles. The van der Waals surface area contributed by atoms with Crippen LogP contribution >= 0.6 is 0 Å². The molecular formula is C17H18N2O. The molecule has 0 heterocycles. The molecule has 2 aromatic rings. The lowest BCUT2D eigenvalue weighted by Gasteiger charge is -2.17. The molecule has 0 saturated carbocycles. The Balaban J connectivity index is 1.93. The van der Waals surface area contributed by atoms with Gasteiger partial charge in [0, 0.05) is 13.1 Å². The van der Waals surface area contributed by atoms with Crippen LogP contribution in [0.25, 0.3) is 0 Å². The Morgan fingerprint density at radius 3 is 1.90 bits per heavy atom. The van der Waals surface area contributed by atoms with E-state index in [9.17, 15) is 0 Å². The van der Waals surface area contributed by atoms with E-state index in [1.165, 1.54) is 11.1 Å². The Morgan fingerprint density at radius 2 is 1.45 bits per heavy atom. The van der Waals surface area contributed by atoms with Crippen LogP contribution in [0.2, 0.25) is 0 Å². The molecule has 20 heavy (non-hydrogen) atoms. The molecule has 0 aliphatic rings. The van der Waals surface area contributed by atoms with Gasteiger partial charge in [0.05, 0.1) is 18.7 Å². The van der Waals surface area contributed by atoms with Crippen molar-refractivity contribution in [1.29, 1.82) is 5.26 Å². The SMILES string of the molecule is COc1ccc(CN(C)Cc2ccc(C#N)cc2)cc1. The van der Waals surface area contributed by atoms with Crippen LogP contribution < -0.4 is 4.74 Å². The maximum atomic E-state index is 8.78. The minimum absolute atomic E-state index is 0.701. The number of ether oxygens (including phenoxy) is 1. The zero-order valence-corrected chi connectivity index (χ0v) is 11.8. The van der Waals surface area contributed by atoms with E-state index in [1.807, 2.05) is 36.4 Å². The second-order valence-electron chi connectivity index (χ2n) is 4.83.